The summed E-state index contributed by atoms with van der Waals surface area (Å²) in [5.74, 6) is -0.231. The number of anilines is 2. The van der Waals surface area contributed by atoms with Gasteiger partial charge in [-0.2, -0.15) is 0 Å². The van der Waals surface area contributed by atoms with Crippen molar-refractivity contribution in [2.24, 2.45) is 0 Å². The highest BCUT2D eigenvalue weighted by molar-refractivity contribution is 9.08. The number of hydrogen-bond donors (Lipinski definition) is 0. The Labute approximate surface area is 126 Å². The zero-order valence-electron chi connectivity index (χ0n) is 10.5. The molecule has 0 N–H and O–H groups in total. The predicted molar refractivity (Wildman–Crippen MR) is 83.2 cm³/mol. The molecule has 4 heteroatoms. The standard InChI is InChI=1S/C15H14BrClFN/c1-2-19(15-6-4-3-5-14(15)18)12-8-7-11(10-16)13(17)9-12/h3-9H,2,10H2,1H3. The van der Waals surface area contributed by atoms with Gasteiger partial charge in [0.1, 0.15) is 5.82 Å². The van der Waals surface area contributed by atoms with Gasteiger partial charge in [0.25, 0.3) is 0 Å². The molecule has 0 saturated heterocycles. The lowest BCUT2D eigenvalue weighted by Crippen LogP contribution is -2.17. The summed E-state index contributed by atoms with van der Waals surface area (Å²) in [4.78, 5) is 1.90. The van der Waals surface area contributed by atoms with Crippen molar-refractivity contribution in [3.63, 3.8) is 0 Å². The molecule has 1 nitrogen and oxygen atoms in total. The molecule has 0 atom stereocenters. The number of alkyl halides is 1. The van der Waals surface area contributed by atoms with Crippen molar-refractivity contribution >= 4 is 38.9 Å². The second-order valence-corrected chi connectivity index (χ2v) is 5.07. The maximum atomic E-state index is 13.9. The van der Waals surface area contributed by atoms with E-state index in [-0.39, 0.29) is 5.82 Å². The first kappa shape index (κ1) is 14.4. The van der Waals surface area contributed by atoms with E-state index in [1.807, 2.05) is 36.1 Å². The molecule has 0 aliphatic heterocycles. The van der Waals surface area contributed by atoms with E-state index in [1.54, 1.807) is 12.1 Å². The molecule has 0 aliphatic rings. The Morgan fingerprint density at radius 1 is 1.21 bits per heavy atom. The van der Waals surface area contributed by atoms with Crippen LogP contribution in [0, 0.1) is 5.82 Å². The van der Waals surface area contributed by atoms with Crippen LogP contribution in [0.1, 0.15) is 12.5 Å². The average Bonchev–Trinajstić information content (AvgIpc) is 2.42. The van der Waals surface area contributed by atoms with Crippen LogP contribution in [0.15, 0.2) is 42.5 Å². The van der Waals surface area contributed by atoms with Crippen molar-refractivity contribution in [2.75, 3.05) is 11.4 Å². The molecule has 0 bridgehead atoms. The number of rotatable bonds is 4. The van der Waals surface area contributed by atoms with E-state index in [9.17, 15) is 4.39 Å². The van der Waals surface area contributed by atoms with Crippen LogP contribution >= 0.6 is 27.5 Å². The normalized spacial score (nSPS) is 10.5. The molecular formula is C15H14BrClFN. The Kier molecular flexibility index (Phi) is 4.83. The fourth-order valence-corrected chi connectivity index (χ4v) is 2.87. The van der Waals surface area contributed by atoms with Crippen LogP contribution in [0.25, 0.3) is 0 Å². The van der Waals surface area contributed by atoms with Crippen LogP contribution in [-0.2, 0) is 5.33 Å². The van der Waals surface area contributed by atoms with E-state index in [0.717, 1.165) is 11.3 Å². The summed E-state index contributed by atoms with van der Waals surface area (Å²) < 4.78 is 13.9. The minimum absolute atomic E-state index is 0.231. The SMILES string of the molecule is CCN(c1ccc(CBr)c(Cl)c1)c1ccccc1F. The summed E-state index contributed by atoms with van der Waals surface area (Å²) in [5, 5.41) is 1.39. The molecule has 0 saturated carbocycles. The topological polar surface area (TPSA) is 3.24 Å². The molecule has 2 aromatic rings. The third-order valence-electron chi connectivity index (χ3n) is 2.95. The molecule has 0 fully saturated rings. The monoisotopic (exact) mass is 341 g/mol. The number of benzene rings is 2. The van der Waals surface area contributed by atoms with E-state index in [4.69, 9.17) is 11.6 Å². The van der Waals surface area contributed by atoms with Gasteiger partial charge in [0.15, 0.2) is 0 Å². The number of para-hydroxylation sites is 1. The molecule has 0 aromatic heterocycles. The van der Waals surface area contributed by atoms with Crippen molar-refractivity contribution in [3.8, 4) is 0 Å². The van der Waals surface area contributed by atoms with Gasteiger partial charge in [0, 0.05) is 22.6 Å². The van der Waals surface area contributed by atoms with Crippen molar-refractivity contribution in [1.82, 2.24) is 0 Å². The van der Waals surface area contributed by atoms with E-state index < -0.39 is 0 Å². The molecule has 0 unspecified atom stereocenters. The summed E-state index contributed by atoms with van der Waals surface area (Å²) in [6.07, 6.45) is 0. The molecule has 0 aliphatic carbocycles. The smallest absolute Gasteiger partial charge is 0.146 e. The van der Waals surface area contributed by atoms with Gasteiger partial charge in [-0.25, -0.2) is 4.39 Å². The first-order valence-electron chi connectivity index (χ1n) is 6.03. The van der Waals surface area contributed by atoms with Crippen molar-refractivity contribution in [2.45, 2.75) is 12.3 Å². The van der Waals surface area contributed by atoms with E-state index in [2.05, 4.69) is 15.9 Å². The zero-order chi connectivity index (χ0) is 13.8. The van der Waals surface area contributed by atoms with Crippen LogP contribution < -0.4 is 4.90 Å². The third kappa shape index (κ3) is 3.10. The Morgan fingerprint density at radius 3 is 2.53 bits per heavy atom. The average molecular weight is 343 g/mol. The van der Waals surface area contributed by atoms with Gasteiger partial charge in [-0.15, -0.1) is 0 Å². The van der Waals surface area contributed by atoms with Crippen molar-refractivity contribution < 1.29 is 4.39 Å². The van der Waals surface area contributed by atoms with E-state index >= 15 is 0 Å². The van der Waals surface area contributed by atoms with Crippen LogP contribution in [0.2, 0.25) is 5.02 Å². The lowest BCUT2D eigenvalue weighted by atomic mass is 10.2. The molecule has 0 radical (unpaired) electrons. The Bertz CT molecular complexity index is 574. The van der Waals surface area contributed by atoms with Crippen LogP contribution in [0.4, 0.5) is 15.8 Å². The Balaban J connectivity index is 2.43. The fourth-order valence-electron chi connectivity index (χ4n) is 1.98. The van der Waals surface area contributed by atoms with E-state index in [1.165, 1.54) is 6.07 Å². The molecule has 19 heavy (non-hydrogen) atoms. The highest BCUT2D eigenvalue weighted by Crippen LogP contribution is 2.31. The van der Waals surface area contributed by atoms with Gasteiger partial charge < -0.3 is 4.90 Å². The first-order chi connectivity index (χ1) is 9.17. The summed E-state index contributed by atoms with van der Waals surface area (Å²) in [5.41, 5.74) is 2.48. The van der Waals surface area contributed by atoms with Gasteiger partial charge in [-0.05, 0) is 36.8 Å². The van der Waals surface area contributed by atoms with Crippen LogP contribution in [0.5, 0.6) is 0 Å². The molecule has 2 aromatic carbocycles. The molecule has 2 rings (SSSR count). The lowest BCUT2D eigenvalue weighted by Gasteiger charge is -2.24. The van der Waals surface area contributed by atoms with Gasteiger partial charge in [-0.1, -0.05) is 45.7 Å². The minimum Gasteiger partial charge on any atom is -0.339 e. The lowest BCUT2D eigenvalue weighted by molar-refractivity contribution is 0.625. The maximum absolute atomic E-state index is 13.9. The quantitative estimate of drug-likeness (QED) is 0.660. The number of hydrogen-bond acceptors (Lipinski definition) is 1. The maximum Gasteiger partial charge on any atom is 0.146 e. The Morgan fingerprint density at radius 2 is 1.95 bits per heavy atom. The molecule has 100 valence electrons. The number of halogens is 3. The summed E-state index contributed by atoms with van der Waals surface area (Å²) >= 11 is 9.59. The first-order valence-corrected chi connectivity index (χ1v) is 7.53. The zero-order valence-corrected chi connectivity index (χ0v) is 12.9. The summed E-state index contributed by atoms with van der Waals surface area (Å²) in [6.45, 7) is 2.66. The Hall–Kier alpha value is -1.06. The molecule has 0 amide bonds. The molecule has 0 spiro atoms. The van der Waals surface area contributed by atoms with Crippen LogP contribution in [-0.4, -0.2) is 6.54 Å². The van der Waals surface area contributed by atoms with Crippen molar-refractivity contribution in [3.05, 3.63) is 58.9 Å². The third-order valence-corrected chi connectivity index (χ3v) is 3.91. The van der Waals surface area contributed by atoms with Crippen LogP contribution in [0.3, 0.4) is 0 Å². The van der Waals surface area contributed by atoms with E-state index in [0.29, 0.717) is 22.6 Å². The molecule has 0 heterocycles. The highest BCUT2D eigenvalue weighted by Gasteiger charge is 2.12. The van der Waals surface area contributed by atoms with Crippen molar-refractivity contribution in [1.29, 1.82) is 0 Å². The van der Waals surface area contributed by atoms with Gasteiger partial charge >= 0.3 is 0 Å². The second kappa shape index (κ2) is 6.40. The minimum atomic E-state index is -0.231. The predicted octanol–water partition coefficient (Wildman–Crippen LogP) is 5.53. The number of nitrogens with zero attached hydrogens (tertiary/aromatic N) is 1. The summed E-state index contributed by atoms with van der Waals surface area (Å²) in [7, 11) is 0. The van der Waals surface area contributed by atoms with Gasteiger partial charge in [0.05, 0.1) is 5.69 Å². The fraction of sp³-hybridized carbons (Fsp3) is 0.200. The largest absolute Gasteiger partial charge is 0.339 e. The van der Waals surface area contributed by atoms with Gasteiger partial charge in [-0.3, -0.25) is 0 Å². The highest BCUT2D eigenvalue weighted by atomic mass is 79.9. The summed E-state index contributed by atoms with van der Waals surface area (Å²) in [6, 6.07) is 12.5. The molecular weight excluding hydrogens is 329 g/mol. The second-order valence-electron chi connectivity index (χ2n) is 4.11. The van der Waals surface area contributed by atoms with Gasteiger partial charge in [0.2, 0.25) is 0 Å².